The Morgan fingerprint density at radius 2 is 2.17 bits per heavy atom. The van der Waals surface area contributed by atoms with Crippen molar-refractivity contribution in [2.45, 2.75) is 31.1 Å². The number of carbonyl (C=O) groups is 1. The predicted octanol–water partition coefficient (Wildman–Crippen LogP) is 2.68. The molecule has 9 heteroatoms. The second-order valence-electron chi connectivity index (χ2n) is 8.18. The van der Waals surface area contributed by atoms with E-state index in [-0.39, 0.29) is 30.7 Å². The standard InChI is InChI=1S/C21H21F2N5O2/c1-21(11-30-12-21)26-20(29)16-9-24-28-6-5-18(25-19(16)28)27-10-15(23)8-17(27)13-3-2-4-14(22)7-13/h2-7,9,15,17H,8,10-12H2,1H3,(H,26,29). The van der Waals surface area contributed by atoms with E-state index < -0.39 is 11.7 Å². The average Bonchev–Trinajstić information content (AvgIpc) is 3.29. The summed E-state index contributed by atoms with van der Waals surface area (Å²) in [6.45, 7) is 2.97. The van der Waals surface area contributed by atoms with Crippen molar-refractivity contribution in [3.05, 3.63) is 59.7 Å². The van der Waals surface area contributed by atoms with Gasteiger partial charge in [0, 0.05) is 12.6 Å². The van der Waals surface area contributed by atoms with Gasteiger partial charge in [0.05, 0.1) is 37.5 Å². The zero-order chi connectivity index (χ0) is 20.9. The van der Waals surface area contributed by atoms with Gasteiger partial charge in [0.15, 0.2) is 5.65 Å². The number of hydrogen-bond donors (Lipinski definition) is 1. The van der Waals surface area contributed by atoms with E-state index in [1.807, 2.05) is 11.8 Å². The molecular formula is C21H21F2N5O2. The summed E-state index contributed by atoms with van der Waals surface area (Å²) in [6.07, 6.45) is 2.36. The molecule has 2 aromatic heterocycles. The van der Waals surface area contributed by atoms with E-state index in [9.17, 15) is 13.6 Å². The molecule has 7 nitrogen and oxygen atoms in total. The normalized spacial score (nSPS) is 22.8. The van der Waals surface area contributed by atoms with Crippen LogP contribution in [0.2, 0.25) is 0 Å². The number of hydrogen-bond acceptors (Lipinski definition) is 5. The Hall–Kier alpha value is -3.07. The number of anilines is 1. The SMILES string of the molecule is CC1(NC(=O)c2cnn3ccc(N4CC(F)CC4c4cccc(F)c4)nc23)COC1. The largest absolute Gasteiger partial charge is 0.376 e. The molecule has 3 aromatic rings. The third-order valence-corrected chi connectivity index (χ3v) is 5.63. The summed E-state index contributed by atoms with van der Waals surface area (Å²) in [7, 11) is 0. The summed E-state index contributed by atoms with van der Waals surface area (Å²) in [4.78, 5) is 19.2. The van der Waals surface area contributed by atoms with E-state index in [2.05, 4.69) is 15.4 Å². The Bertz CT molecular complexity index is 1110. The van der Waals surface area contributed by atoms with Gasteiger partial charge < -0.3 is 15.0 Å². The molecule has 1 N–H and O–H groups in total. The fourth-order valence-electron chi connectivity index (χ4n) is 4.07. The van der Waals surface area contributed by atoms with E-state index in [4.69, 9.17) is 4.74 Å². The number of nitrogens with zero attached hydrogens (tertiary/aromatic N) is 4. The van der Waals surface area contributed by atoms with Crippen molar-refractivity contribution >= 4 is 17.4 Å². The van der Waals surface area contributed by atoms with Crippen LogP contribution in [0.3, 0.4) is 0 Å². The zero-order valence-electron chi connectivity index (χ0n) is 16.4. The number of carbonyl (C=O) groups excluding carboxylic acids is 1. The molecule has 2 fully saturated rings. The smallest absolute Gasteiger partial charge is 0.257 e. The molecule has 0 spiro atoms. The molecule has 4 heterocycles. The molecule has 2 aliphatic heterocycles. The fourth-order valence-corrected chi connectivity index (χ4v) is 4.07. The van der Waals surface area contributed by atoms with Crippen LogP contribution in [-0.4, -0.2) is 52.0 Å². The summed E-state index contributed by atoms with van der Waals surface area (Å²) >= 11 is 0. The molecule has 0 aliphatic carbocycles. The van der Waals surface area contributed by atoms with Gasteiger partial charge in [0.1, 0.15) is 23.4 Å². The summed E-state index contributed by atoms with van der Waals surface area (Å²) in [5.41, 5.74) is 1.01. The molecule has 2 saturated heterocycles. The monoisotopic (exact) mass is 413 g/mol. The van der Waals surface area contributed by atoms with Gasteiger partial charge in [-0.3, -0.25) is 4.79 Å². The summed E-state index contributed by atoms with van der Waals surface area (Å²) in [5.74, 6) is -0.127. The van der Waals surface area contributed by atoms with Crippen LogP contribution in [-0.2, 0) is 4.74 Å². The van der Waals surface area contributed by atoms with E-state index in [1.54, 1.807) is 24.4 Å². The minimum Gasteiger partial charge on any atom is -0.376 e. The molecule has 1 aromatic carbocycles. The topological polar surface area (TPSA) is 71.8 Å². The highest BCUT2D eigenvalue weighted by atomic mass is 19.1. The third kappa shape index (κ3) is 3.28. The maximum absolute atomic E-state index is 14.3. The summed E-state index contributed by atoms with van der Waals surface area (Å²) < 4.78 is 34.8. The first-order valence-electron chi connectivity index (χ1n) is 9.83. The number of fused-ring (bicyclic) bond motifs is 1. The van der Waals surface area contributed by atoms with Gasteiger partial charge in [0.2, 0.25) is 0 Å². The lowest BCUT2D eigenvalue weighted by Gasteiger charge is -2.38. The first-order chi connectivity index (χ1) is 14.4. The number of amides is 1. The molecule has 0 saturated carbocycles. The summed E-state index contributed by atoms with van der Waals surface area (Å²) in [6, 6.07) is 7.59. The Balaban J connectivity index is 1.48. The van der Waals surface area contributed by atoms with Crippen LogP contribution in [0.5, 0.6) is 0 Å². The Morgan fingerprint density at radius 1 is 1.33 bits per heavy atom. The van der Waals surface area contributed by atoms with Crippen molar-refractivity contribution in [2.24, 2.45) is 0 Å². The van der Waals surface area contributed by atoms with Crippen LogP contribution in [0.15, 0.2) is 42.7 Å². The van der Waals surface area contributed by atoms with Crippen LogP contribution in [0, 0.1) is 5.82 Å². The van der Waals surface area contributed by atoms with Crippen LogP contribution in [0.25, 0.3) is 5.65 Å². The molecule has 1 amide bonds. The van der Waals surface area contributed by atoms with Gasteiger partial charge in [-0.1, -0.05) is 12.1 Å². The molecule has 2 unspecified atom stereocenters. The van der Waals surface area contributed by atoms with Crippen LogP contribution >= 0.6 is 0 Å². The van der Waals surface area contributed by atoms with Crippen molar-refractivity contribution in [1.82, 2.24) is 19.9 Å². The third-order valence-electron chi connectivity index (χ3n) is 5.63. The maximum atomic E-state index is 14.3. The van der Waals surface area contributed by atoms with Gasteiger partial charge in [-0.05, 0) is 30.7 Å². The fraction of sp³-hybridized carbons (Fsp3) is 0.381. The first kappa shape index (κ1) is 18.9. The Labute approximate surface area is 171 Å². The van der Waals surface area contributed by atoms with Crippen LogP contribution in [0.4, 0.5) is 14.6 Å². The van der Waals surface area contributed by atoms with Crippen molar-refractivity contribution in [3.8, 4) is 0 Å². The number of halogens is 2. The number of alkyl halides is 1. The Kier molecular flexibility index (Phi) is 4.43. The van der Waals surface area contributed by atoms with E-state index in [0.29, 0.717) is 35.8 Å². The van der Waals surface area contributed by atoms with Gasteiger partial charge in [0.25, 0.3) is 5.91 Å². The quantitative estimate of drug-likeness (QED) is 0.712. The lowest BCUT2D eigenvalue weighted by Crippen LogP contribution is -2.59. The number of rotatable bonds is 4. The lowest BCUT2D eigenvalue weighted by atomic mass is 10.0. The molecular weight excluding hydrogens is 392 g/mol. The average molecular weight is 413 g/mol. The molecule has 2 atom stereocenters. The molecule has 30 heavy (non-hydrogen) atoms. The molecule has 2 aliphatic rings. The molecule has 0 bridgehead atoms. The number of aromatic nitrogens is 3. The van der Waals surface area contributed by atoms with Gasteiger partial charge in [-0.15, -0.1) is 0 Å². The number of ether oxygens (including phenoxy) is 1. The summed E-state index contributed by atoms with van der Waals surface area (Å²) in [5, 5.41) is 7.16. The molecule has 156 valence electrons. The minimum absolute atomic E-state index is 0.148. The minimum atomic E-state index is -1.05. The van der Waals surface area contributed by atoms with Crippen LogP contribution < -0.4 is 10.2 Å². The second-order valence-corrected chi connectivity index (χ2v) is 8.18. The van der Waals surface area contributed by atoms with Gasteiger partial charge in [-0.2, -0.15) is 5.10 Å². The van der Waals surface area contributed by atoms with E-state index >= 15 is 0 Å². The molecule has 0 radical (unpaired) electrons. The van der Waals surface area contributed by atoms with Gasteiger partial charge >= 0.3 is 0 Å². The lowest BCUT2D eigenvalue weighted by molar-refractivity contribution is -0.0593. The van der Waals surface area contributed by atoms with E-state index in [0.717, 1.165) is 0 Å². The highest BCUT2D eigenvalue weighted by Gasteiger charge is 2.37. The highest BCUT2D eigenvalue weighted by molar-refractivity contribution is 6.00. The molecule has 5 rings (SSSR count). The second kappa shape index (κ2) is 7.02. The number of nitrogens with one attached hydrogen (secondary N) is 1. The van der Waals surface area contributed by atoms with E-state index in [1.165, 1.54) is 22.8 Å². The van der Waals surface area contributed by atoms with Crippen molar-refractivity contribution < 1.29 is 18.3 Å². The van der Waals surface area contributed by atoms with Crippen LogP contribution in [0.1, 0.15) is 35.3 Å². The zero-order valence-corrected chi connectivity index (χ0v) is 16.4. The van der Waals surface area contributed by atoms with Crippen molar-refractivity contribution in [1.29, 1.82) is 0 Å². The van der Waals surface area contributed by atoms with Crippen molar-refractivity contribution in [3.63, 3.8) is 0 Å². The first-order valence-corrected chi connectivity index (χ1v) is 9.83. The highest BCUT2D eigenvalue weighted by Crippen LogP contribution is 2.37. The predicted molar refractivity (Wildman–Crippen MR) is 106 cm³/mol. The number of benzene rings is 1. The maximum Gasteiger partial charge on any atom is 0.257 e. The Morgan fingerprint density at radius 3 is 2.90 bits per heavy atom. The van der Waals surface area contributed by atoms with Gasteiger partial charge in [-0.25, -0.2) is 18.3 Å². The van der Waals surface area contributed by atoms with Crippen molar-refractivity contribution in [2.75, 3.05) is 24.7 Å².